The number of nitrogen functional groups attached to an aromatic ring is 2. The normalized spacial score (nSPS) is 10.9. The van der Waals surface area contributed by atoms with Crippen LogP contribution < -0.4 is 27.4 Å². The van der Waals surface area contributed by atoms with Gasteiger partial charge in [0.05, 0.1) is 12.0 Å². The summed E-state index contributed by atoms with van der Waals surface area (Å²) >= 11 is 0. The van der Waals surface area contributed by atoms with Crippen molar-refractivity contribution in [3.63, 3.8) is 0 Å². The lowest BCUT2D eigenvalue weighted by molar-refractivity contribution is 0.251. The molecule has 3 heterocycles. The first-order valence-electron chi connectivity index (χ1n) is 10.1. The van der Waals surface area contributed by atoms with Gasteiger partial charge >= 0.3 is 6.03 Å². The van der Waals surface area contributed by atoms with Gasteiger partial charge < -0.3 is 26.7 Å². The summed E-state index contributed by atoms with van der Waals surface area (Å²) in [5.41, 5.74) is 15.1. The molecule has 12 heteroatoms. The molecule has 0 saturated carbocycles. The van der Waals surface area contributed by atoms with Crippen LogP contribution in [0.15, 0.2) is 36.7 Å². The topological polar surface area (TPSA) is 167 Å². The Bertz CT molecular complexity index is 1240. The highest BCUT2D eigenvalue weighted by molar-refractivity contribution is 5.88. The van der Waals surface area contributed by atoms with Crippen LogP contribution in [0.4, 0.5) is 33.8 Å². The predicted octanol–water partition coefficient (Wildman–Crippen LogP) is 2.08. The molecule has 0 unspecified atom stereocenters. The fraction of sp³-hybridized carbons (Fsp3) is 0.250. The summed E-state index contributed by atoms with van der Waals surface area (Å²) in [6.07, 6.45) is 1.64. The van der Waals surface area contributed by atoms with E-state index in [1.165, 1.54) is 0 Å². The zero-order valence-corrected chi connectivity index (χ0v) is 17.8. The number of anilines is 5. The van der Waals surface area contributed by atoms with Crippen LogP contribution in [0.25, 0.3) is 11.2 Å². The van der Waals surface area contributed by atoms with Gasteiger partial charge in [-0.05, 0) is 38.1 Å². The molecule has 0 aliphatic rings. The number of hydrogen-bond donors (Lipinski definition) is 5. The van der Waals surface area contributed by atoms with Crippen molar-refractivity contribution in [2.45, 2.75) is 26.9 Å². The van der Waals surface area contributed by atoms with Gasteiger partial charge in [-0.1, -0.05) is 0 Å². The molecular formula is C20H25N11O. The summed E-state index contributed by atoms with van der Waals surface area (Å²) in [7, 11) is 0. The monoisotopic (exact) mass is 435 g/mol. The van der Waals surface area contributed by atoms with Crippen molar-refractivity contribution in [1.82, 2.24) is 34.6 Å². The Labute approximate surface area is 184 Å². The number of carbonyl (C=O) groups is 1. The average Bonchev–Trinajstić information content (AvgIpc) is 3.32. The predicted molar refractivity (Wildman–Crippen MR) is 124 cm³/mol. The maximum absolute atomic E-state index is 12.3. The zero-order chi connectivity index (χ0) is 22.7. The molecule has 0 bridgehead atoms. The Hall–Kier alpha value is -4.35. The smallest absolute Gasteiger partial charge is 0.320 e. The Morgan fingerprint density at radius 3 is 2.69 bits per heavy atom. The molecule has 4 aromatic rings. The molecule has 7 N–H and O–H groups in total. The number of aromatic nitrogens is 6. The molecule has 2 amide bonds. The SMILES string of the molecule is CCn1nc(C)cc1NC(=O)NCCn1cnc2c(Nc3ccc(N)cc3)nc(N)nc21. The fourth-order valence-corrected chi connectivity index (χ4v) is 3.25. The van der Waals surface area contributed by atoms with E-state index in [9.17, 15) is 4.79 Å². The Kier molecular flexibility index (Phi) is 5.75. The van der Waals surface area contributed by atoms with E-state index in [1.807, 2.05) is 36.6 Å². The Morgan fingerprint density at radius 1 is 1.16 bits per heavy atom. The highest BCUT2D eigenvalue weighted by atomic mass is 16.2. The van der Waals surface area contributed by atoms with Crippen molar-refractivity contribution in [2.24, 2.45) is 0 Å². The molecule has 4 rings (SSSR count). The summed E-state index contributed by atoms with van der Waals surface area (Å²) in [5.74, 6) is 1.26. The van der Waals surface area contributed by atoms with Crippen molar-refractivity contribution in [3.05, 3.63) is 42.4 Å². The summed E-state index contributed by atoms with van der Waals surface area (Å²) in [5, 5.41) is 13.1. The van der Waals surface area contributed by atoms with Gasteiger partial charge in [0.15, 0.2) is 17.0 Å². The third-order valence-electron chi connectivity index (χ3n) is 4.74. The van der Waals surface area contributed by atoms with Crippen molar-refractivity contribution in [2.75, 3.05) is 28.6 Å². The quantitative estimate of drug-likeness (QED) is 0.275. The van der Waals surface area contributed by atoms with E-state index in [1.54, 1.807) is 23.1 Å². The summed E-state index contributed by atoms with van der Waals surface area (Å²) in [6.45, 7) is 5.32. The lowest BCUT2D eigenvalue weighted by Crippen LogP contribution is -2.32. The van der Waals surface area contributed by atoms with E-state index in [-0.39, 0.29) is 12.0 Å². The minimum atomic E-state index is -0.316. The van der Waals surface area contributed by atoms with Gasteiger partial charge in [0, 0.05) is 37.1 Å². The molecule has 0 saturated heterocycles. The third-order valence-corrected chi connectivity index (χ3v) is 4.74. The maximum Gasteiger partial charge on any atom is 0.320 e. The van der Waals surface area contributed by atoms with Crippen LogP contribution in [-0.2, 0) is 13.1 Å². The van der Waals surface area contributed by atoms with Crippen molar-refractivity contribution in [1.29, 1.82) is 0 Å². The van der Waals surface area contributed by atoms with Gasteiger partial charge in [-0.15, -0.1) is 0 Å². The first kappa shape index (κ1) is 20.9. The minimum absolute atomic E-state index is 0.117. The molecule has 0 atom stereocenters. The average molecular weight is 435 g/mol. The minimum Gasteiger partial charge on any atom is -0.399 e. The van der Waals surface area contributed by atoms with Gasteiger partial charge in [0.2, 0.25) is 5.95 Å². The number of imidazole rings is 1. The Morgan fingerprint density at radius 2 is 1.94 bits per heavy atom. The van der Waals surface area contributed by atoms with Crippen LogP contribution in [0.2, 0.25) is 0 Å². The van der Waals surface area contributed by atoms with Gasteiger partial charge in [-0.25, -0.2) is 14.5 Å². The van der Waals surface area contributed by atoms with Gasteiger partial charge in [0.25, 0.3) is 0 Å². The van der Waals surface area contributed by atoms with Crippen LogP contribution in [0.5, 0.6) is 0 Å². The number of amides is 2. The van der Waals surface area contributed by atoms with E-state index >= 15 is 0 Å². The van der Waals surface area contributed by atoms with E-state index in [0.717, 1.165) is 11.4 Å². The second-order valence-corrected chi connectivity index (χ2v) is 7.16. The lowest BCUT2D eigenvalue weighted by Gasteiger charge is -2.10. The van der Waals surface area contributed by atoms with Gasteiger partial charge in [-0.3, -0.25) is 5.32 Å². The molecular weight excluding hydrogens is 410 g/mol. The van der Waals surface area contributed by atoms with E-state index in [0.29, 0.717) is 48.1 Å². The number of urea groups is 1. The first-order chi connectivity index (χ1) is 15.4. The second kappa shape index (κ2) is 8.79. The molecule has 3 aromatic heterocycles. The standard InChI is InChI=1S/C20H25N11O/c1-3-31-15(10-12(2)29-31)26-20(32)23-8-9-30-11-24-16-17(27-19(22)28-18(16)30)25-14-6-4-13(21)5-7-14/h4-7,10-11H,3,8-9,21H2,1-2H3,(H2,23,26,32)(H3,22,25,27,28). The molecule has 0 aliphatic carbocycles. The number of carbonyl (C=O) groups excluding carboxylic acids is 1. The van der Waals surface area contributed by atoms with E-state index < -0.39 is 0 Å². The van der Waals surface area contributed by atoms with Crippen LogP contribution in [0.1, 0.15) is 12.6 Å². The molecule has 12 nitrogen and oxygen atoms in total. The Balaban J connectivity index is 1.43. The lowest BCUT2D eigenvalue weighted by atomic mass is 10.3. The third kappa shape index (κ3) is 4.53. The highest BCUT2D eigenvalue weighted by Crippen LogP contribution is 2.24. The van der Waals surface area contributed by atoms with Gasteiger partial charge in [-0.2, -0.15) is 15.1 Å². The van der Waals surface area contributed by atoms with Crippen LogP contribution in [0, 0.1) is 6.92 Å². The van der Waals surface area contributed by atoms with Crippen LogP contribution in [-0.4, -0.2) is 41.9 Å². The van der Waals surface area contributed by atoms with E-state index in [2.05, 4.69) is 36.0 Å². The number of nitrogens with two attached hydrogens (primary N) is 2. The molecule has 166 valence electrons. The molecule has 32 heavy (non-hydrogen) atoms. The molecule has 0 spiro atoms. The second-order valence-electron chi connectivity index (χ2n) is 7.16. The summed E-state index contributed by atoms with van der Waals surface area (Å²) < 4.78 is 3.54. The summed E-state index contributed by atoms with van der Waals surface area (Å²) in [6, 6.07) is 8.75. The van der Waals surface area contributed by atoms with E-state index in [4.69, 9.17) is 11.5 Å². The van der Waals surface area contributed by atoms with Crippen LogP contribution >= 0.6 is 0 Å². The molecule has 1 aromatic carbocycles. The highest BCUT2D eigenvalue weighted by Gasteiger charge is 2.13. The number of fused-ring (bicyclic) bond motifs is 1. The van der Waals surface area contributed by atoms with Crippen LogP contribution in [0.3, 0.4) is 0 Å². The number of aryl methyl sites for hydroxylation is 2. The van der Waals surface area contributed by atoms with Crippen molar-refractivity contribution < 1.29 is 4.79 Å². The number of hydrogen-bond acceptors (Lipinski definition) is 8. The maximum atomic E-state index is 12.3. The summed E-state index contributed by atoms with van der Waals surface area (Å²) in [4.78, 5) is 25.3. The molecule has 0 radical (unpaired) electrons. The fourth-order valence-electron chi connectivity index (χ4n) is 3.25. The molecule has 0 aliphatic heterocycles. The zero-order valence-electron chi connectivity index (χ0n) is 17.8. The number of nitrogens with one attached hydrogen (secondary N) is 3. The van der Waals surface area contributed by atoms with Crippen molar-refractivity contribution in [3.8, 4) is 0 Å². The van der Waals surface area contributed by atoms with Gasteiger partial charge in [0.1, 0.15) is 5.82 Å². The number of nitrogens with zero attached hydrogens (tertiary/aromatic N) is 6. The molecule has 0 fully saturated rings. The first-order valence-corrected chi connectivity index (χ1v) is 10.1. The number of rotatable bonds is 7. The largest absolute Gasteiger partial charge is 0.399 e. The van der Waals surface area contributed by atoms with Crippen molar-refractivity contribution >= 4 is 46.2 Å². The number of benzene rings is 1.